The van der Waals surface area contributed by atoms with Crippen LogP contribution < -0.4 is 0 Å². The van der Waals surface area contributed by atoms with Crippen molar-refractivity contribution in [1.82, 2.24) is 0 Å². The zero-order chi connectivity index (χ0) is 5.98. The first-order valence-corrected chi connectivity index (χ1v) is 3.00. The molecule has 8 heavy (non-hydrogen) atoms. The van der Waals surface area contributed by atoms with E-state index in [1.165, 1.54) is 0 Å². The van der Waals surface area contributed by atoms with Gasteiger partial charge in [-0.3, -0.25) is 4.99 Å². The highest BCUT2D eigenvalue weighted by Gasteiger charge is 2.07. The second-order valence-electron chi connectivity index (χ2n) is 2.28. The molecule has 1 heterocycles. The largest absolute Gasteiger partial charge is 0.290 e. The van der Waals surface area contributed by atoms with E-state index < -0.39 is 0 Å². The van der Waals surface area contributed by atoms with E-state index >= 15 is 0 Å². The van der Waals surface area contributed by atoms with Crippen molar-refractivity contribution in [1.29, 1.82) is 0 Å². The van der Waals surface area contributed by atoms with Gasteiger partial charge in [-0.2, -0.15) is 0 Å². The average molecular weight is 109 g/mol. The molecule has 0 N–H and O–H groups in total. The molecule has 0 spiro atoms. The third-order valence-electron chi connectivity index (χ3n) is 1.58. The van der Waals surface area contributed by atoms with Crippen molar-refractivity contribution in [2.75, 3.05) is 0 Å². The number of rotatable bonds is 0. The SMILES string of the molecule is C[C@@H]1C=CC=N[C@@H]1C. The molecule has 0 amide bonds. The zero-order valence-corrected chi connectivity index (χ0v) is 5.33. The van der Waals surface area contributed by atoms with Crippen molar-refractivity contribution in [3.05, 3.63) is 12.2 Å². The summed E-state index contributed by atoms with van der Waals surface area (Å²) in [5, 5.41) is 0. The van der Waals surface area contributed by atoms with E-state index in [1.807, 2.05) is 12.3 Å². The van der Waals surface area contributed by atoms with E-state index in [9.17, 15) is 0 Å². The van der Waals surface area contributed by atoms with Crippen LogP contribution in [-0.2, 0) is 0 Å². The molecule has 1 aliphatic rings. The summed E-state index contributed by atoms with van der Waals surface area (Å²) >= 11 is 0. The second-order valence-corrected chi connectivity index (χ2v) is 2.28. The molecule has 1 nitrogen and oxygen atoms in total. The molecule has 1 aliphatic heterocycles. The lowest BCUT2D eigenvalue weighted by Gasteiger charge is -2.13. The van der Waals surface area contributed by atoms with E-state index in [2.05, 4.69) is 24.9 Å². The summed E-state index contributed by atoms with van der Waals surface area (Å²) in [5.41, 5.74) is 0. The molecule has 0 aromatic rings. The van der Waals surface area contributed by atoms with Crippen LogP contribution in [0, 0.1) is 5.92 Å². The molecule has 0 saturated carbocycles. The number of aliphatic imine (C=N–C) groups is 1. The van der Waals surface area contributed by atoms with Crippen LogP contribution in [0.5, 0.6) is 0 Å². The minimum absolute atomic E-state index is 0.486. The van der Waals surface area contributed by atoms with Crippen LogP contribution in [0.2, 0.25) is 0 Å². The van der Waals surface area contributed by atoms with Gasteiger partial charge in [0.25, 0.3) is 0 Å². The fourth-order valence-electron chi connectivity index (χ4n) is 0.707. The summed E-state index contributed by atoms with van der Waals surface area (Å²) in [6.07, 6.45) is 6.05. The van der Waals surface area contributed by atoms with E-state index in [0.29, 0.717) is 12.0 Å². The Morgan fingerprint density at radius 1 is 1.38 bits per heavy atom. The summed E-state index contributed by atoms with van der Waals surface area (Å²) in [4.78, 5) is 4.20. The lowest BCUT2D eigenvalue weighted by atomic mass is 10.0. The summed E-state index contributed by atoms with van der Waals surface area (Å²) in [5.74, 6) is 0.625. The smallest absolute Gasteiger partial charge is 0.0531 e. The molecule has 1 heteroatoms. The minimum atomic E-state index is 0.486. The lowest BCUT2D eigenvalue weighted by molar-refractivity contribution is 0.581. The monoisotopic (exact) mass is 109 g/mol. The Labute approximate surface area is 50.1 Å². The molecule has 0 unspecified atom stereocenters. The first kappa shape index (κ1) is 5.54. The molecule has 1 rings (SSSR count). The second kappa shape index (κ2) is 2.12. The van der Waals surface area contributed by atoms with Gasteiger partial charge in [-0.25, -0.2) is 0 Å². The Morgan fingerprint density at radius 3 is 2.50 bits per heavy atom. The first-order valence-electron chi connectivity index (χ1n) is 3.00. The Balaban J connectivity index is 2.59. The first-order chi connectivity index (χ1) is 3.80. The molecule has 0 fully saturated rings. The van der Waals surface area contributed by atoms with Gasteiger partial charge >= 0.3 is 0 Å². The quantitative estimate of drug-likeness (QED) is 0.448. The normalized spacial score (nSPS) is 35.8. The van der Waals surface area contributed by atoms with Gasteiger partial charge in [-0.1, -0.05) is 13.0 Å². The number of hydrogen-bond acceptors (Lipinski definition) is 1. The van der Waals surface area contributed by atoms with Gasteiger partial charge in [0.05, 0.1) is 6.04 Å². The Morgan fingerprint density at radius 2 is 2.12 bits per heavy atom. The highest BCUT2D eigenvalue weighted by Crippen LogP contribution is 2.10. The lowest BCUT2D eigenvalue weighted by Crippen LogP contribution is -2.11. The molecule has 2 atom stereocenters. The zero-order valence-electron chi connectivity index (χ0n) is 5.33. The van der Waals surface area contributed by atoms with E-state index in [-0.39, 0.29) is 0 Å². The van der Waals surface area contributed by atoms with Crippen LogP contribution in [0.15, 0.2) is 17.1 Å². The summed E-state index contributed by atoms with van der Waals surface area (Å²) in [7, 11) is 0. The van der Waals surface area contributed by atoms with Gasteiger partial charge in [0.15, 0.2) is 0 Å². The molecule has 0 saturated heterocycles. The van der Waals surface area contributed by atoms with Crippen molar-refractivity contribution >= 4 is 6.21 Å². The minimum Gasteiger partial charge on any atom is -0.290 e. The Hall–Kier alpha value is -0.590. The summed E-state index contributed by atoms with van der Waals surface area (Å²) in [6, 6.07) is 0.486. The highest BCUT2D eigenvalue weighted by atomic mass is 14.8. The van der Waals surface area contributed by atoms with Crippen LogP contribution in [-0.4, -0.2) is 12.3 Å². The molecule has 0 aromatic carbocycles. The maximum Gasteiger partial charge on any atom is 0.0531 e. The number of nitrogens with zero attached hydrogens (tertiary/aromatic N) is 1. The van der Waals surface area contributed by atoms with Gasteiger partial charge in [-0.15, -0.1) is 0 Å². The predicted molar refractivity (Wildman–Crippen MR) is 36.3 cm³/mol. The maximum atomic E-state index is 4.20. The van der Waals surface area contributed by atoms with Gasteiger partial charge < -0.3 is 0 Å². The van der Waals surface area contributed by atoms with E-state index in [4.69, 9.17) is 0 Å². The van der Waals surface area contributed by atoms with Crippen LogP contribution >= 0.6 is 0 Å². The van der Waals surface area contributed by atoms with Crippen LogP contribution in [0.25, 0.3) is 0 Å². The third-order valence-corrected chi connectivity index (χ3v) is 1.58. The van der Waals surface area contributed by atoms with Crippen LogP contribution in [0.4, 0.5) is 0 Å². The summed E-state index contributed by atoms with van der Waals surface area (Å²) in [6.45, 7) is 4.31. The Kier molecular flexibility index (Phi) is 1.47. The molecule has 44 valence electrons. The molecule has 0 radical (unpaired) electrons. The predicted octanol–water partition coefficient (Wildman–Crippen LogP) is 1.65. The highest BCUT2D eigenvalue weighted by molar-refractivity contribution is 5.72. The van der Waals surface area contributed by atoms with Gasteiger partial charge in [0.1, 0.15) is 0 Å². The van der Waals surface area contributed by atoms with Crippen LogP contribution in [0.1, 0.15) is 13.8 Å². The fraction of sp³-hybridized carbons (Fsp3) is 0.571. The number of hydrogen-bond donors (Lipinski definition) is 0. The number of allylic oxidation sites excluding steroid dienone is 1. The van der Waals surface area contributed by atoms with Crippen molar-refractivity contribution in [2.24, 2.45) is 10.9 Å². The van der Waals surface area contributed by atoms with Crippen molar-refractivity contribution in [3.63, 3.8) is 0 Å². The molecule has 0 aromatic heterocycles. The third kappa shape index (κ3) is 0.971. The van der Waals surface area contributed by atoms with Crippen LogP contribution in [0.3, 0.4) is 0 Å². The molecular weight excluding hydrogens is 98.1 g/mol. The molecular formula is C7H11N. The topological polar surface area (TPSA) is 12.4 Å². The van der Waals surface area contributed by atoms with E-state index in [0.717, 1.165) is 0 Å². The molecule has 0 aliphatic carbocycles. The van der Waals surface area contributed by atoms with Gasteiger partial charge in [0.2, 0.25) is 0 Å². The number of dihydropyridines is 1. The molecule has 0 bridgehead atoms. The average Bonchev–Trinajstić information content (AvgIpc) is 1.77. The van der Waals surface area contributed by atoms with Gasteiger partial charge in [0, 0.05) is 6.21 Å². The van der Waals surface area contributed by atoms with Crippen molar-refractivity contribution in [3.8, 4) is 0 Å². The van der Waals surface area contributed by atoms with Gasteiger partial charge in [-0.05, 0) is 18.9 Å². The van der Waals surface area contributed by atoms with E-state index in [1.54, 1.807) is 0 Å². The van der Waals surface area contributed by atoms with Crippen molar-refractivity contribution < 1.29 is 0 Å². The van der Waals surface area contributed by atoms with Crippen molar-refractivity contribution in [2.45, 2.75) is 19.9 Å². The maximum absolute atomic E-state index is 4.20. The fourth-order valence-corrected chi connectivity index (χ4v) is 0.707. The summed E-state index contributed by atoms with van der Waals surface area (Å²) < 4.78 is 0. The standard InChI is InChI=1S/C7H11N/c1-6-4-3-5-8-7(6)2/h3-7H,1-2H3/t6-,7-/m1/s1. The Bertz CT molecular complexity index is 108.